The van der Waals surface area contributed by atoms with Gasteiger partial charge in [0.05, 0.1) is 39.1 Å². The van der Waals surface area contributed by atoms with E-state index in [9.17, 15) is 9.50 Å². The number of unbranched alkanes of at least 4 members (excludes halogenated alkanes) is 1. The maximum atomic E-state index is 12.4. The summed E-state index contributed by atoms with van der Waals surface area (Å²) in [5.41, 5.74) is 2.20. The SMILES string of the molecule is COc1ccc(CNc2nc(NC(CO)CCCCF)c3ncccc3n2)c(OC)c1. The topological polar surface area (TPSA) is 101 Å². The van der Waals surface area contributed by atoms with Gasteiger partial charge in [0.1, 0.15) is 17.0 Å². The Hall–Kier alpha value is -3.20. The number of nitrogens with one attached hydrogen (secondary N) is 2. The summed E-state index contributed by atoms with van der Waals surface area (Å²) in [5.74, 6) is 2.35. The number of hydrogen-bond acceptors (Lipinski definition) is 8. The minimum absolute atomic E-state index is 0.0869. The highest BCUT2D eigenvalue weighted by atomic mass is 19.1. The van der Waals surface area contributed by atoms with Crippen LogP contribution in [-0.2, 0) is 6.54 Å². The summed E-state index contributed by atoms with van der Waals surface area (Å²) in [4.78, 5) is 13.5. The number of methoxy groups -OCH3 is 2. The van der Waals surface area contributed by atoms with Crippen molar-refractivity contribution in [3.05, 3.63) is 42.1 Å². The zero-order valence-corrected chi connectivity index (χ0v) is 17.8. The van der Waals surface area contributed by atoms with E-state index >= 15 is 0 Å². The molecule has 31 heavy (non-hydrogen) atoms. The minimum atomic E-state index is -0.362. The van der Waals surface area contributed by atoms with Crippen LogP contribution in [0.5, 0.6) is 11.5 Å². The molecule has 2 heterocycles. The summed E-state index contributed by atoms with van der Waals surface area (Å²) in [6.07, 6.45) is 3.44. The smallest absolute Gasteiger partial charge is 0.225 e. The molecule has 0 spiro atoms. The average Bonchev–Trinajstić information content (AvgIpc) is 2.82. The zero-order chi connectivity index (χ0) is 22.1. The van der Waals surface area contributed by atoms with E-state index in [-0.39, 0.29) is 19.3 Å². The minimum Gasteiger partial charge on any atom is -0.497 e. The molecular formula is C22H28FN5O3. The van der Waals surface area contributed by atoms with E-state index in [1.165, 1.54) is 0 Å². The van der Waals surface area contributed by atoms with Gasteiger partial charge in [-0.3, -0.25) is 9.37 Å². The second-order valence-electron chi connectivity index (χ2n) is 7.01. The van der Waals surface area contributed by atoms with Gasteiger partial charge in [0.25, 0.3) is 0 Å². The van der Waals surface area contributed by atoms with Crippen LogP contribution < -0.4 is 20.1 Å². The number of ether oxygens (including phenoxy) is 2. The Morgan fingerprint density at radius 1 is 1.13 bits per heavy atom. The van der Waals surface area contributed by atoms with Gasteiger partial charge in [-0.1, -0.05) is 0 Å². The van der Waals surface area contributed by atoms with Crippen molar-refractivity contribution >= 4 is 22.8 Å². The summed E-state index contributed by atoms with van der Waals surface area (Å²) in [7, 11) is 3.21. The number of fused-ring (bicyclic) bond motifs is 1. The number of alkyl halides is 1. The molecule has 0 fully saturated rings. The Balaban J connectivity index is 1.81. The molecule has 0 radical (unpaired) electrons. The number of rotatable bonds is 12. The van der Waals surface area contributed by atoms with Crippen molar-refractivity contribution in [3.8, 4) is 11.5 Å². The van der Waals surface area contributed by atoms with Crippen LogP contribution in [0.1, 0.15) is 24.8 Å². The van der Waals surface area contributed by atoms with E-state index in [1.54, 1.807) is 26.5 Å². The predicted molar refractivity (Wildman–Crippen MR) is 119 cm³/mol. The van der Waals surface area contributed by atoms with Gasteiger partial charge in [0.2, 0.25) is 5.95 Å². The second-order valence-corrected chi connectivity index (χ2v) is 7.01. The summed E-state index contributed by atoms with van der Waals surface area (Å²) in [6.45, 7) is -0.00619. The van der Waals surface area contributed by atoms with E-state index in [0.29, 0.717) is 60.1 Å². The molecule has 8 nitrogen and oxygen atoms in total. The molecule has 1 aromatic carbocycles. The lowest BCUT2D eigenvalue weighted by molar-refractivity contribution is 0.265. The first kappa shape index (κ1) is 22.5. The maximum absolute atomic E-state index is 12.4. The van der Waals surface area contributed by atoms with Crippen molar-refractivity contribution in [1.82, 2.24) is 15.0 Å². The molecule has 0 amide bonds. The molecule has 3 N–H and O–H groups in total. The Morgan fingerprint density at radius 3 is 2.74 bits per heavy atom. The van der Waals surface area contributed by atoms with Gasteiger partial charge >= 0.3 is 0 Å². The van der Waals surface area contributed by atoms with Crippen LogP contribution in [0.3, 0.4) is 0 Å². The Kier molecular flexibility index (Phi) is 8.17. The summed E-state index contributed by atoms with van der Waals surface area (Å²) in [6, 6.07) is 9.01. The Morgan fingerprint density at radius 2 is 2.00 bits per heavy atom. The van der Waals surface area contributed by atoms with Crippen LogP contribution in [0.4, 0.5) is 16.2 Å². The van der Waals surface area contributed by atoms with Crippen molar-refractivity contribution in [2.45, 2.75) is 31.8 Å². The number of anilines is 2. The van der Waals surface area contributed by atoms with Gasteiger partial charge in [0, 0.05) is 24.4 Å². The molecule has 0 bridgehead atoms. The van der Waals surface area contributed by atoms with Crippen molar-refractivity contribution < 1.29 is 19.0 Å². The van der Waals surface area contributed by atoms with E-state index in [4.69, 9.17) is 9.47 Å². The quantitative estimate of drug-likeness (QED) is 0.376. The fourth-order valence-corrected chi connectivity index (χ4v) is 3.21. The normalized spacial score (nSPS) is 11.9. The van der Waals surface area contributed by atoms with E-state index < -0.39 is 0 Å². The molecule has 9 heteroatoms. The molecular weight excluding hydrogens is 401 g/mol. The molecule has 3 rings (SSSR count). The van der Waals surface area contributed by atoms with Crippen LogP contribution >= 0.6 is 0 Å². The Labute approximate surface area is 180 Å². The van der Waals surface area contributed by atoms with Crippen LogP contribution in [0.2, 0.25) is 0 Å². The fourth-order valence-electron chi connectivity index (χ4n) is 3.21. The van der Waals surface area contributed by atoms with Gasteiger partial charge in [-0.15, -0.1) is 0 Å². The molecule has 1 unspecified atom stereocenters. The standard InChI is InChI=1S/C22H28FN5O3/c1-30-17-9-8-15(19(12-17)31-2)13-25-22-27-18-7-5-11-24-20(18)21(28-22)26-16(14-29)6-3-4-10-23/h5,7-9,11-12,16,29H,3-4,6,10,13-14H2,1-2H3,(H2,25,26,27,28). The van der Waals surface area contributed by atoms with Crippen molar-refractivity contribution in [2.75, 3.05) is 38.1 Å². The number of aromatic nitrogens is 3. The molecule has 0 saturated heterocycles. The van der Waals surface area contributed by atoms with Gasteiger partial charge in [-0.2, -0.15) is 4.98 Å². The number of aliphatic hydroxyl groups is 1. The van der Waals surface area contributed by atoms with Crippen molar-refractivity contribution in [1.29, 1.82) is 0 Å². The van der Waals surface area contributed by atoms with E-state index in [2.05, 4.69) is 25.6 Å². The maximum Gasteiger partial charge on any atom is 0.225 e. The number of halogens is 1. The van der Waals surface area contributed by atoms with Crippen LogP contribution in [0.15, 0.2) is 36.5 Å². The average molecular weight is 429 g/mol. The highest BCUT2D eigenvalue weighted by Gasteiger charge is 2.14. The van der Waals surface area contributed by atoms with Crippen LogP contribution in [0.25, 0.3) is 11.0 Å². The monoisotopic (exact) mass is 429 g/mol. The Bertz CT molecular complexity index is 989. The van der Waals surface area contributed by atoms with Gasteiger partial charge in [-0.05, 0) is 43.5 Å². The van der Waals surface area contributed by atoms with Crippen molar-refractivity contribution in [2.24, 2.45) is 0 Å². The largest absolute Gasteiger partial charge is 0.497 e. The number of benzene rings is 1. The third-order valence-corrected chi connectivity index (χ3v) is 4.88. The molecule has 3 aromatic rings. The molecule has 0 aliphatic rings. The van der Waals surface area contributed by atoms with E-state index in [0.717, 1.165) is 5.56 Å². The zero-order valence-electron chi connectivity index (χ0n) is 17.8. The third kappa shape index (κ3) is 5.91. The number of aliphatic hydroxyl groups excluding tert-OH is 1. The summed E-state index contributed by atoms with van der Waals surface area (Å²) < 4.78 is 23.1. The lowest BCUT2D eigenvalue weighted by atomic mass is 10.1. The van der Waals surface area contributed by atoms with Crippen LogP contribution in [-0.4, -0.2) is 53.6 Å². The highest BCUT2D eigenvalue weighted by Crippen LogP contribution is 2.26. The first-order valence-corrected chi connectivity index (χ1v) is 10.2. The van der Waals surface area contributed by atoms with Crippen molar-refractivity contribution in [3.63, 3.8) is 0 Å². The van der Waals surface area contributed by atoms with E-state index in [1.807, 2.05) is 24.3 Å². The molecule has 0 saturated carbocycles. The lowest BCUT2D eigenvalue weighted by Crippen LogP contribution is -2.25. The third-order valence-electron chi connectivity index (χ3n) is 4.88. The van der Waals surface area contributed by atoms with Crippen LogP contribution in [0, 0.1) is 0 Å². The number of hydrogen-bond donors (Lipinski definition) is 3. The number of pyridine rings is 1. The van der Waals surface area contributed by atoms with Gasteiger partial charge in [-0.25, -0.2) is 4.98 Å². The first-order chi connectivity index (χ1) is 15.2. The summed E-state index contributed by atoms with van der Waals surface area (Å²) >= 11 is 0. The number of nitrogens with zero attached hydrogens (tertiary/aromatic N) is 3. The molecule has 1 atom stereocenters. The molecule has 166 valence electrons. The second kappa shape index (κ2) is 11.3. The summed E-state index contributed by atoms with van der Waals surface area (Å²) in [5, 5.41) is 16.2. The first-order valence-electron chi connectivity index (χ1n) is 10.2. The fraction of sp³-hybridized carbons (Fsp3) is 0.409. The molecule has 0 aliphatic heterocycles. The predicted octanol–water partition coefficient (Wildman–Crippen LogP) is 3.57. The van der Waals surface area contributed by atoms with Gasteiger partial charge < -0.3 is 25.2 Å². The molecule has 0 aliphatic carbocycles. The highest BCUT2D eigenvalue weighted by molar-refractivity contribution is 5.86. The lowest BCUT2D eigenvalue weighted by Gasteiger charge is -2.18. The molecule has 2 aromatic heterocycles. The van der Waals surface area contributed by atoms with Gasteiger partial charge in [0.15, 0.2) is 5.82 Å².